The maximum absolute atomic E-state index is 11.7. The van der Waals surface area contributed by atoms with Crippen molar-refractivity contribution < 1.29 is 4.79 Å². The zero-order valence-corrected chi connectivity index (χ0v) is 11.7. The number of amides is 1. The highest BCUT2D eigenvalue weighted by molar-refractivity contribution is 7.12. The van der Waals surface area contributed by atoms with E-state index in [1.165, 1.54) is 15.3 Å². The van der Waals surface area contributed by atoms with Gasteiger partial charge in [0, 0.05) is 16.2 Å². The molecule has 1 atom stereocenters. The summed E-state index contributed by atoms with van der Waals surface area (Å²) in [5.74, 6) is 0.120. The second-order valence-corrected chi connectivity index (χ2v) is 5.86. The minimum absolute atomic E-state index is 0.102. The van der Waals surface area contributed by atoms with Gasteiger partial charge >= 0.3 is 0 Å². The summed E-state index contributed by atoms with van der Waals surface area (Å²) in [5.41, 5.74) is 6.64. The Morgan fingerprint density at radius 2 is 2.18 bits per heavy atom. The molecule has 0 aliphatic rings. The van der Waals surface area contributed by atoms with E-state index < -0.39 is 0 Å². The number of aryl methyl sites for hydroxylation is 2. The van der Waals surface area contributed by atoms with Crippen LogP contribution in [0, 0.1) is 13.8 Å². The highest BCUT2D eigenvalue weighted by Crippen LogP contribution is 2.26. The predicted octanol–water partition coefficient (Wildman–Crippen LogP) is 2.67. The second kappa shape index (κ2) is 6.77. The molecule has 3 nitrogen and oxygen atoms in total. The summed E-state index contributed by atoms with van der Waals surface area (Å²) >= 11 is 1.78. The third-order valence-corrected chi connectivity index (χ3v) is 3.76. The van der Waals surface area contributed by atoms with Crippen LogP contribution < -0.4 is 11.1 Å². The Morgan fingerprint density at radius 1 is 1.47 bits per heavy atom. The summed E-state index contributed by atoms with van der Waals surface area (Å²) < 4.78 is 0. The Bertz CT molecular complexity index is 373. The van der Waals surface area contributed by atoms with Crippen LogP contribution in [0.2, 0.25) is 0 Å². The molecule has 96 valence electrons. The number of thiophene rings is 1. The van der Waals surface area contributed by atoms with Crippen LogP contribution in [0.1, 0.15) is 47.5 Å². The van der Waals surface area contributed by atoms with Crippen molar-refractivity contribution in [2.75, 3.05) is 6.54 Å². The third kappa shape index (κ3) is 4.48. The van der Waals surface area contributed by atoms with Gasteiger partial charge < -0.3 is 11.1 Å². The van der Waals surface area contributed by atoms with Crippen LogP contribution >= 0.6 is 11.3 Å². The third-order valence-electron chi connectivity index (χ3n) is 2.78. The molecule has 1 amide bonds. The van der Waals surface area contributed by atoms with Gasteiger partial charge in [0.2, 0.25) is 5.91 Å². The Hall–Kier alpha value is -0.870. The second-order valence-electron chi connectivity index (χ2n) is 4.40. The lowest BCUT2D eigenvalue weighted by Crippen LogP contribution is -2.26. The van der Waals surface area contributed by atoms with Crippen LogP contribution in [0.3, 0.4) is 0 Å². The standard InChI is InChI=1S/C13H22N2OS/c1-9-8-12(11(3)17-9)10(2)15-13(16)6-4-5-7-14/h8,10H,4-7,14H2,1-3H3,(H,15,16). The zero-order chi connectivity index (χ0) is 12.8. The van der Waals surface area contributed by atoms with Gasteiger partial charge in [0.1, 0.15) is 0 Å². The first-order valence-electron chi connectivity index (χ1n) is 6.11. The molecule has 4 heteroatoms. The van der Waals surface area contributed by atoms with Gasteiger partial charge in [-0.2, -0.15) is 0 Å². The van der Waals surface area contributed by atoms with Gasteiger partial charge in [0.25, 0.3) is 0 Å². The number of rotatable bonds is 6. The summed E-state index contributed by atoms with van der Waals surface area (Å²) in [7, 11) is 0. The van der Waals surface area contributed by atoms with Crippen molar-refractivity contribution in [2.24, 2.45) is 5.73 Å². The number of unbranched alkanes of at least 4 members (excludes halogenated alkanes) is 1. The van der Waals surface area contributed by atoms with Crippen molar-refractivity contribution in [3.8, 4) is 0 Å². The van der Waals surface area contributed by atoms with Gasteiger partial charge in [0.15, 0.2) is 0 Å². The van der Waals surface area contributed by atoms with Crippen molar-refractivity contribution in [3.63, 3.8) is 0 Å². The van der Waals surface area contributed by atoms with E-state index >= 15 is 0 Å². The van der Waals surface area contributed by atoms with E-state index in [0.717, 1.165) is 12.8 Å². The molecule has 0 saturated heterocycles. The summed E-state index contributed by atoms with van der Waals surface area (Å²) in [6.45, 7) is 6.89. The quantitative estimate of drug-likeness (QED) is 0.767. The highest BCUT2D eigenvalue weighted by atomic mass is 32.1. The maximum atomic E-state index is 11.7. The summed E-state index contributed by atoms with van der Waals surface area (Å²) in [5, 5.41) is 3.04. The van der Waals surface area contributed by atoms with Crippen molar-refractivity contribution in [1.82, 2.24) is 5.32 Å². The molecule has 0 aliphatic carbocycles. The average molecular weight is 254 g/mol. The number of nitrogens with one attached hydrogen (secondary N) is 1. The fourth-order valence-electron chi connectivity index (χ4n) is 1.90. The van der Waals surface area contributed by atoms with Crippen LogP contribution in [0.5, 0.6) is 0 Å². The molecule has 0 bridgehead atoms. The van der Waals surface area contributed by atoms with Crippen molar-refractivity contribution in [3.05, 3.63) is 21.4 Å². The Kier molecular flexibility index (Phi) is 5.65. The van der Waals surface area contributed by atoms with Crippen LogP contribution in [0.15, 0.2) is 6.07 Å². The minimum Gasteiger partial charge on any atom is -0.350 e. The lowest BCUT2D eigenvalue weighted by atomic mass is 10.1. The predicted molar refractivity (Wildman–Crippen MR) is 73.3 cm³/mol. The minimum atomic E-state index is 0.102. The number of hydrogen-bond donors (Lipinski definition) is 2. The van der Waals surface area contributed by atoms with E-state index in [1.54, 1.807) is 11.3 Å². The Labute approximate surface area is 107 Å². The monoisotopic (exact) mass is 254 g/mol. The molecular formula is C13H22N2OS. The van der Waals surface area contributed by atoms with Crippen LogP contribution in [-0.4, -0.2) is 12.5 Å². The van der Waals surface area contributed by atoms with Crippen LogP contribution in [0.4, 0.5) is 0 Å². The molecule has 1 heterocycles. The fraction of sp³-hybridized carbons (Fsp3) is 0.615. The molecule has 0 aromatic carbocycles. The van der Waals surface area contributed by atoms with E-state index in [2.05, 4.69) is 25.2 Å². The van der Waals surface area contributed by atoms with Crippen molar-refractivity contribution >= 4 is 17.2 Å². The lowest BCUT2D eigenvalue weighted by Gasteiger charge is -2.13. The van der Waals surface area contributed by atoms with Gasteiger partial charge in [-0.15, -0.1) is 11.3 Å². The molecule has 1 aromatic rings. The highest BCUT2D eigenvalue weighted by Gasteiger charge is 2.13. The summed E-state index contributed by atoms with van der Waals surface area (Å²) in [4.78, 5) is 14.3. The average Bonchev–Trinajstić information content (AvgIpc) is 2.58. The van der Waals surface area contributed by atoms with Gasteiger partial charge in [-0.3, -0.25) is 4.79 Å². The first-order chi connectivity index (χ1) is 8.04. The molecular weight excluding hydrogens is 232 g/mol. The summed E-state index contributed by atoms with van der Waals surface area (Å²) in [6.07, 6.45) is 2.36. The number of hydrogen-bond acceptors (Lipinski definition) is 3. The molecule has 0 fully saturated rings. The van der Waals surface area contributed by atoms with Crippen LogP contribution in [-0.2, 0) is 4.79 Å². The number of nitrogens with two attached hydrogens (primary N) is 1. The van der Waals surface area contributed by atoms with Gasteiger partial charge in [-0.25, -0.2) is 0 Å². The van der Waals surface area contributed by atoms with Crippen molar-refractivity contribution in [1.29, 1.82) is 0 Å². The van der Waals surface area contributed by atoms with E-state index in [4.69, 9.17) is 5.73 Å². The SMILES string of the molecule is Cc1cc(C(C)NC(=O)CCCCN)c(C)s1. The molecule has 3 N–H and O–H groups in total. The van der Waals surface area contributed by atoms with Gasteiger partial charge in [-0.05, 0) is 51.8 Å². The zero-order valence-electron chi connectivity index (χ0n) is 10.9. The first-order valence-corrected chi connectivity index (χ1v) is 6.92. The fourth-order valence-corrected chi connectivity index (χ4v) is 2.92. The first kappa shape index (κ1) is 14.2. The maximum Gasteiger partial charge on any atom is 0.220 e. The lowest BCUT2D eigenvalue weighted by molar-refractivity contribution is -0.121. The normalized spacial score (nSPS) is 12.5. The smallest absolute Gasteiger partial charge is 0.220 e. The topological polar surface area (TPSA) is 55.1 Å². The largest absolute Gasteiger partial charge is 0.350 e. The van der Waals surface area contributed by atoms with Crippen molar-refractivity contribution in [2.45, 2.75) is 46.1 Å². The number of carbonyl (C=O) groups excluding carboxylic acids is 1. The van der Waals surface area contributed by atoms with E-state index in [-0.39, 0.29) is 11.9 Å². The van der Waals surface area contributed by atoms with E-state index in [0.29, 0.717) is 13.0 Å². The Balaban J connectivity index is 2.46. The molecule has 0 aliphatic heterocycles. The Morgan fingerprint density at radius 3 is 2.71 bits per heavy atom. The summed E-state index contributed by atoms with van der Waals surface area (Å²) in [6, 6.07) is 2.26. The number of carbonyl (C=O) groups is 1. The molecule has 0 saturated carbocycles. The van der Waals surface area contributed by atoms with Crippen LogP contribution in [0.25, 0.3) is 0 Å². The molecule has 17 heavy (non-hydrogen) atoms. The van der Waals surface area contributed by atoms with Gasteiger partial charge in [0.05, 0.1) is 6.04 Å². The molecule has 0 spiro atoms. The molecule has 0 radical (unpaired) electrons. The van der Waals surface area contributed by atoms with E-state index in [1.807, 2.05) is 6.92 Å². The molecule has 1 unspecified atom stereocenters. The molecule has 1 aromatic heterocycles. The molecule has 1 rings (SSSR count). The van der Waals surface area contributed by atoms with Gasteiger partial charge in [-0.1, -0.05) is 0 Å². The van der Waals surface area contributed by atoms with E-state index in [9.17, 15) is 4.79 Å².